The van der Waals surface area contributed by atoms with Crippen LogP contribution in [0.25, 0.3) is 0 Å². The molecule has 2 amide bonds. The minimum atomic E-state index is -2.37. The Kier molecular flexibility index (Phi) is 28.8. The van der Waals surface area contributed by atoms with E-state index in [-0.39, 0.29) is 49.2 Å². The monoisotopic (exact) mass is 1090 g/mol. The van der Waals surface area contributed by atoms with Gasteiger partial charge < -0.3 is 34.3 Å². The van der Waals surface area contributed by atoms with Gasteiger partial charge in [0.25, 0.3) is 0 Å². The van der Waals surface area contributed by atoms with Crippen molar-refractivity contribution in [2.24, 2.45) is 21.7 Å². The van der Waals surface area contributed by atoms with E-state index in [9.17, 15) is 33.0 Å². The fourth-order valence-electron chi connectivity index (χ4n) is 6.88. The van der Waals surface area contributed by atoms with Crippen LogP contribution in [0.3, 0.4) is 0 Å². The van der Waals surface area contributed by atoms with E-state index in [1.807, 2.05) is 91.0 Å². The third kappa shape index (κ3) is 27.7. The number of alkyl halides is 1. The zero-order chi connectivity index (χ0) is 54.9. The van der Waals surface area contributed by atoms with Crippen LogP contribution in [-0.2, 0) is 77.0 Å². The van der Waals surface area contributed by atoms with Crippen molar-refractivity contribution in [3.05, 3.63) is 108 Å². The number of esters is 3. The van der Waals surface area contributed by atoms with Gasteiger partial charge in [-0.2, -0.15) is 0 Å². The summed E-state index contributed by atoms with van der Waals surface area (Å²) in [5, 5.41) is 6.46. The summed E-state index contributed by atoms with van der Waals surface area (Å²) in [4.78, 5) is 81.2. The number of carbonyl (C=O) groups is 6. The maximum atomic E-state index is 12.8. The second-order valence-electron chi connectivity index (χ2n) is 19.9. The number of ketones is 1. The number of halogens is 2. The molecular formula is C54H78Cl2N4O13S. The van der Waals surface area contributed by atoms with Crippen molar-refractivity contribution >= 4 is 80.5 Å². The first-order valence-electron chi connectivity index (χ1n) is 23.9. The summed E-state index contributed by atoms with van der Waals surface area (Å²) in [7, 11) is -0.672. The molecule has 0 aromatic heterocycles. The van der Waals surface area contributed by atoms with Crippen LogP contribution in [0.15, 0.2) is 96.0 Å². The fourth-order valence-corrected chi connectivity index (χ4v) is 8.05. The van der Waals surface area contributed by atoms with E-state index < -0.39 is 62.3 Å². The molecule has 0 saturated heterocycles. The summed E-state index contributed by atoms with van der Waals surface area (Å²) in [6, 6.07) is 26.5. The molecule has 2 fully saturated rings. The molecule has 20 heteroatoms. The lowest BCUT2D eigenvalue weighted by atomic mass is 9.92. The van der Waals surface area contributed by atoms with E-state index in [1.54, 1.807) is 55.5 Å². The van der Waals surface area contributed by atoms with Gasteiger partial charge in [-0.1, -0.05) is 91.0 Å². The molecule has 17 nitrogen and oxygen atoms in total. The molecule has 5 rings (SSSR count). The van der Waals surface area contributed by atoms with Crippen molar-refractivity contribution in [3.8, 4) is 0 Å². The van der Waals surface area contributed by atoms with Gasteiger partial charge in [-0.3, -0.25) is 23.6 Å². The molecule has 4 N–H and O–H groups in total. The van der Waals surface area contributed by atoms with Crippen LogP contribution < -0.4 is 16.5 Å². The average molecular weight is 1090 g/mol. The molecule has 2 saturated carbocycles. The standard InChI is InChI=1S/C22H31NO6S.C21H29ClN2O4.C7H9NO.C4H8O2.ClH/c1-21(2,3)29-20(26)23-17(19(25)28-14-16-9-7-6-8-10-16)13-22(11-12-22)18(24)15-30(4,5)27;1-20(2,3)28-19(26)24-16(12-21(10-11-21)17(13-22)23-4)18(25)27-14-15-8-6-5-7-9-15;8-9-6-7-4-2-1-3-5-7;1-3-6-4(2)5;/h6-10,15,17H,11-14H2,1-5H3,(H,23,26);5-9,16H,10-14H2,1-4H3,(H,24,26);1-5H,6,8H2;3H2,1-2H3;1H/t17-;16-;;;/m00.../s1. The lowest BCUT2D eigenvalue weighted by Crippen LogP contribution is -2.46. The van der Waals surface area contributed by atoms with Crippen molar-refractivity contribution in [1.82, 2.24) is 10.6 Å². The van der Waals surface area contributed by atoms with Crippen molar-refractivity contribution in [3.63, 3.8) is 0 Å². The fraction of sp³-hybridized carbons (Fsp3) is 0.519. The van der Waals surface area contributed by atoms with Crippen LogP contribution >= 0.6 is 24.0 Å². The smallest absolute Gasteiger partial charge is 0.408 e. The van der Waals surface area contributed by atoms with E-state index in [1.165, 1.54) is 24.8 Å². The highest BCUT2D eigenvalue weighted by Crippen LogP contribution is 2.52. The minimum Gasteiger partial charge on any atom is -0.466 e. The van der Waals surface area contributed by atoms with Gasteiger partial charge in [0.05, 0.1) is 19.1 Å². The first-order valence-corrected chi connectivity index (χ1v) is 26.9. The summed E-state index contributed by atoms with van der Waals surface area (Å²) >= 11 is 6.03. The molecule has 0 aliphatic heterocycles. The van der Waals surface area contributed by atoms with E-state index in [2.05, 4.69) is 25.2 Å². The van der Waals surface area contributed by atoms with Gasteiger partial charge in [-0.05, 0) is 113 Å². The number of nitrogens with zero attached hydrogens (tertiary/aromatic N) is 1. The molecule has 0 radical (unpaired) electrons. The highest BCUT2D eigenvalue weighted by molar-refractivity contribution is 8.01. The number of hydrogen-bond acceptors (Lipinski definition) is 15. The molecule has 2 aliphatic rings. The number of rotatable bonds is 19. The quantitative estimate of drug-likeness (QED) is 0.0254. The number of benzene rings is 3. The number of amides is 2. The highest BCUT2D eigenvalue weighted by atomic mass is 35.5. The van der Waals surface area contributed by atoms with Crippen LogP contribution in [0.1, 0.15) is 111 Å². The largest absolute Gasteiger partial charge is 0.466 e. The average Bonchev–Trinajstić information content (AvgIpc) is 4.25. The molecule has 0 heterocycles. The molecule has 2 aliphatic carbocycles. The van der Waals surface area contributed by atoms with Crippen molar-refractivity contribution in [2.75, 3.05) is 32.0 Å². The van der Waals surface area contributed by atoms with Gasteiger partial charge >= 0.3 is 30.1 Å². The Morgan fingerprint density at radius 2 is 1.04 bits per heavy atom. The summed E-state index contributed by atoms with van der Waals surface area (Å²) in [5.74, 6) is 3.55. The Morgan fingerprint density at radius 3 is 1.31 bits per heavy atom. The van der Waals surface area contributed by atoms with Gasteiger partial charge in [-0.15, -0.1) is 24.0 Å². The number of carbonyl (C=O) groups excluding carboxylic acids is 6. The molecule has 2 atom stereocenters. The predicted molar refractivity (Wildman–Crippen MR) is 291 cm³/mol. The maximum Gasteiger partial charge on any atom is 0.408 e. The van der Waals surface area contributed by atoms with Crippen LogP contribution in [0.4, 0.5) is 9.59 Å². The summed E-state index contributed by atoms with van der Waals surface area (Å²) in [6.45, 7) is 14.8. The van der Waals surface area contributed by atoms with E-state index in [0.717, 1.165) is 35.2 Å². The first-order chi connectivity index (χ1) is 34.2. The number of ether oxygens (including phenoxy) is 5. The minimum absolute atomic E-state index is 0. The van der Waals surface area contributed by atoms with Crippen LogP contribution in [0.5, 0.6) is 0 Å². The van der Waals surface area contributed by atoms with Crippen LogP contribution in [0, 0.1) is 10.8 Å². The van der Waals surface area contributed by atoms with Gasteiger partial charge in [0.1, 0.15) is 36.5 Å². The zero-order valence-electron chi connectivity index (χ0n) is 44.7. The first kappa shape index (κ1) is 66.5. The number of hydrogen-bond donors (Lipinski definition) is 3. The molecule has 74 heavy (non-hydrogen) atoms. The molecule has 412 valence electrons. The SMILES string of the molecule is CC(C)(C)OC(=O)N[C@@H](CC1(C(=O)C=S(C)(C)=O)CC1)C(=O)OCc1ccccc1.CCOC(C)=O.CN=C(CCl)C1(C[C@H](NC(=O)OC(C)(C)C)C(=O)OCc2ccccc2)CC1.Cl.NOCc1ccccc1. The Labute approximate surface area is 449 Å². The molecule has 0 bridgehead atoms. The van der Waals surface area contributed by atoms with E-state index in [0.29, 0.717) is 38.4 Å². The Balaban J connectivity index is 0.000000572. The number of nitrogens with two attached hydrogens (primary N) is 1. The highest BCUT2D eigenvalue weighted by Gasteiger charge is 2.52. The molecule has 3 aromatic carbocycles. The Morgan fingerprint density at radius 1 is 0.676 bits per heavy atom. The van der Waals surface area contributed by atoms with Gasteiger partial charge in [0, 0.05) is 48.4 Å². The molecule has 0 spiro atoms. The number of alkyl carbamates (subject to hydrolysis) is 2. The topological polar surface area (TPSA) is 237 Å². The summed E-state index contributed by atoms with van der Waals surface area (Å²) in [6.07, 6.45) is 4.93. The summed E-state index contributed by atoms with van der Waals surface area (Å²) in [5.41, 5.74) is 1.17. The van der Waals surface area contributed by atoms with E-state index in [4.69, 9.17) is 36.4 Å². The molecule has 3 aromatic rings. The Hall–Kier alpha value is -5.53. The lowest BCUT2D eigenvalue weighted by Gasteiger charge is -2.26. The van der Waals surface area contributed by atoms with Crippen LogP contribution in [0.2, 0.25) is 0 Å². The zero-order valence-corrected chi connectivity index (χ0v) is 47.1. The normalized spacial score (nSPS) is 14.7. The lowest BCUT2D eigenvalue weighted by molar-refractivity contribution is -0.149. The van der Waals surface area contributed by atoms with Crippen molar-refractivity contribution in [2.45, 2.75) is 137 Å². The van der Waals surface area contributed by atoms with Crippen LogP contribution in [-0.4, -0.2) is 106 Å². The van der Waals surface area contributed by atoms with Gasteiger partial charge in [0.15, 0.2) is 5.78 Å². The van der Waals surface area contributed by atoms with Gasteiger partial charge in [-0.25, -0.2) is 25.1 Å². The second kappa shape index (κ2) is 32.0. The van der Waals surface area contributed by atoms with Gasteiger partial charge in [0.2, 0.25) is 0 Å². The number of nitrogens with one attached hydrogen (secondary N) is 2. The maximum absolute atomic E-state index is 12.8. The predicted octanol–water partition coefficient (Wildman–Crippen LogP) is 8.88. The third-order valence-corrected chi connectivity index (χ3v) is 11.7. The third-order valence-electron chi connectivity index (χ3n) is 10.7. The van der Waals surface area contributed by atoms with Crippen molar-refractivity contribution in [1.29, 1.82) is 0 Å². The molecule has 0 unspecified atom stereocenters. The summed E-state index contributed by atoms with van der Waals surface area (Å²) < 4.78 is 37.9. The van der Waals surface area contributed by atoms with E-state index >= 15 is 0 Å². The van der Waals surface area contributed by atoms with Crippen molar-refractivity contribution < 1.29 is 61.5 Å². The number of Topliss-reactive ketones (excluding diaryl/α,β-unsaturated/α-hetero) is 1. The molecular weight excluding hydrogens is 1020 g/mol. The second-order valence-corrected chi connectivity index (χ2v) is 23.0. The Bertz CT molecular complexity index is 2370. The number of aliphatic imine (C=N–C) groups is 1.